The number of hydrogen-bond acceptors (Lipinski definition) is 6. The average Bonchev–Trinajstić information content (AvgIpc) is 3.29. The van der Waals surface area contributed by atoms with Crippen molar-refractivity contribution >= 4 is 29.0 Å². The molecule has 3 aromatic rings. The predicted octanol–water partition coefficient (Wildman–Crippen LogP) is 2.97. The van der Waals surface area contributed by atoms with E-state index < -0.39 is 0 Å². The molecule has 0 aliphatic rings. The van der Waals surface area contributed by atoms with Crippen LogP contribution in [0.4, 0.5) is 0 Å². The maximum Gasteiger partial charge on any atom is 0.277 e. The molecule has 120 valence electrons. The van der Waals surface area contributed by atoms with Crippen molar-refractivity contribution in [3.63, 3.8) is 0 Å². The first kappa shape index (κ1) is 15.8. The molecular formula is C15H16N4O2S2. The normalized spacial score (nSPS) is 12.2. The molecule has 23 heavy (non-hydrogen) atoms. The first-order valence-electron chi connectivity index (χ1n) is 7.16. The second-order valence-corrected chi connectivity index (χ2v) is 7.16. The maximum absolute atomic E-state index is 12.1. The van der Waals surface area contributed by atoms with Crippen LogP contribution >= 0.6 is 23.1 Å². The van der Waals surface area contributed by atoms with Gasteiger partial charge in [0.25, 0.3) is 11.1 Å². The second-order valence-electron chi connectivity index (χ2n) is 4.84. The van der Waals surface area contributed by atoms with Crippen LogP contribution in [0.15, 0.2) is 45.5 Å². The van der Waals surface area contributed by atoms with E-state index in [0.29, 0.717) is 17.7 Å². The smallest absolute Gasteiger partial charge is 0.277 e. The fraction of sp³-hybridized carbons (Fsp3) is 0.267. The average molecular weight is 348 g/mol. The quantitative estimate of drug-likeness (QED) is 0.641. The van der Waals surface area contributed by atoms with Gasteiger partial charge in [-0.2, -0.15) is 0 Å². The summed E-state index contributed by atoms with van der Waals surface area (Å²) in [4.78, 5) is 16.3. The third kappa shape index (κ3) is 4.23. The number of thioether (sulfide) groups is 1. The van der Waals surface area contributed by atoms with E-state index in [1.165, 1.54) is 16.6 Å². The number of rotatable bonds is 7. The molecule has 0 saturated heterocycles. The molecule has 3 rings (SSSR count). The predicted molar refractivity (Wildman–Crippen MR) is 90.4 cm³/mol. The molecule has 3 heterocycles. The lowest BCUT2D eigenvalue weighted by atomic mass is 10.3. The highest BCUT2D eigenvalue weighted by atomic mass is 32.2. The minimum Gasteiger partial charge on any atom is -0.410 e. The lowest BCUT2D eigenvalue weighted by Crippen LogP contribution is -2.32. The molecular weight excluding hydrogens is 332 g/mol. The molecule has 8 heteroatoms. The van der Waals surface area contributed by atoms with Crippen LogP contribution in [0.1, 0.15) is 11.8 Å². The van der Waals surface area contributed by atoms with Crippen LogP contribution < -0.4 is 5.32 Å². The molecule has 2 N–H and O–H groups in total. The van der Waals surface area contributed by atoms with Gasteiger partial charge < -0.3 is 14.7 Å². The van der Waals surface area contributed by atoms with Crippen molar-refractivity contribution in [2.24, 2.45) is 0 Å². The van der Waals surface area contributed by atoms with Gasteiger partial charge in [0.1, 0.15) is 5.69 Å². The summed E-state index contributed by atoms with van der Waals surface area (Å²) < 4.78 is 5.54. The molecule has 1 atom stereocenters. The highest BCUT2D eigenvalue weighted by molar-refractivity contribution is 8.00. The molecule has 3 aromatic heterocycles. The number of H-pyrrole nitrogens is 1. The Labute approximate surface area is 141 Å². The minimum atomic E-state index is -0.296. The van der Waals surface area contributed by atoms with Crippen molar-refractivity contribution in [2.75, 3.05) is 6.54 Å². The number of hydrogen-bond donors (Lipinski definition) is 2. The van der Waals surface area contributed by atoms with E-state index in [9.17, 15) is 4.79 Å². The molecule has 0 bridgehead atoms. The number of nitrogens with one attached hydrogen (secondary N) is 2. The third-order valence-corrected chi connectivity index (χ3v) is 5.00. The van der Waals surface area contributed by atoms with Crippen molar-refractivity contribution in [1.82, 2.24) is 20.5 Å². The Kier molecular flexibility index (Phi) is 5.14. The summed E-state index contributed by atoms with van der Waals surface area (Å²) in [7, 11) is 0. The highest BCUT2D eigenvalue weighted by Crippen LogP contribution is 2.25. The van der Waals surface area contributed by atoms with Crippen LogP contribution in [0.2, 0.25) is 0 Å². The molecule has 0 unspecified atom stereocenters. The Morgan fingerprint density at radius 2 is 2.35 bits per heavy atom. The molecule has 0 saturated carbocycles. The highest BCUT2D eigenvalue weighted by Gasteiger charge is 2.18. The van der Waals surface area contributed by atoms with Gasteiger partial charge in [0.15, 0.2) is 0 Å². The molecule has 0 radical (unpaired) electrons. The van der Waals surface area contributed by atoms with E-state index in [1.54, 1.807) is 17.5 Å². The first-order valence-corrected chi connectivity index (χ1v) is 8.92. The summed E-state index contributed by atoms with van der Waals surface area (Å²) in [6.07, 6.45) is 2.63. The van der Waals surface area contributed by atoms with Gasteiger partial charge >= 0.3 is 0 Å². The van der Waals surface area contributed by atoms with Crippen molar-refractivity contribution in [3.05, 3.63) is 40.7 Å². The molecule has 0 aromatic carbocycles. The summed E-state index contributed by atoms with van der Waals surface area (Å²) in [5, 5.41) is 13.0. The minimum absolute atomic E-state index is 0.0359. The summed E-state index contributed by atoms with van der Waals surface area (Å²) in [6, 6.07) is 7.78. The van der Waals surface area contributed by atoms with Gasteiger partial charge in [-0.05, 0) is 36.9 Å². The van der Waals surface area contributed by atoms with E-state index in [-0.39, 0.29) is 11.2 Å². The second kappa shape index (κ2) is 7.47. The number of nitrogens with zero attached hydrogens (tertiary/aromatic N) is 2. The molecule has 0 fully saturated rings. The van der Waals surface area contributed by atoms with Crippen molar-refractivity contribution in [1.29, 1.82) is 0 Å². The number of aromatic nitrogens is 3. The fourth-order valence-electron chi connectivity index (χ4n) is 1.94. The fourth-order valence-corrected chi connectivity index (χ4v) is 3.36. The van der Waals surface area contributed by atoms with Crippen molar-refractivity contribution < 1.29 is 9.21 Å². The van der Waals surface area contributed by atoms with Gasteiger partial charge in [0.05, 0.1) is 5.25 Å². The topological polar surface area (TPSA) is 83.8 Å². The third-order valence-electron chi connectivity index (χ3n) is 3.13. The molecule has 0 aliphatic carbocycles. The Balaban J connectivity index is 1.48. The van der Waals surface area contributed by atoms with Crippen LogP contribution in [-0.2, 0) is 11.2 Å². The van der Waals surface area contributed by atoms with E-state index in [4.69, 9.17) is 4.42 Å². The lowest BCUT2D eigenvalue weighted by Gasteiger charge is -2.09. The van der Waals surface area contributed by atoms with Crippen LogP contribution in [0.3, 0.4) is 0 Å². The zero-order valence-electron chi connectivity index (χ0n) is 12.5. The molecule has 0 aliphatic heterocycles. The summed E-state index contributed by atoms with van der Waals surface area (Å²) in [5.74, 6) is 0.383. The van der Waals surface area contributed by atoms with Crippen LogP contribution in [0.25, 0.3) is 11.6 Å². The van der Waals surface area contributed by atoms with Crippen LogP contribution in [0, 0.1) is 0 Å². The Morgan fingerprint density at radius 1 is 1.43 bits per heavy atom. The number of aromatic amines is 1. The maximum atomic E-state index is 12.1. The Hall–Kier alpha value is -2.06. The number of amides is 1. The van der Waals surface area contributed by atoms with E-state index >= 15 is 0 Å². The van der Waals surface area contributed by atoms with Gasteiger partial charge in [-0.25, -0.2) is 0 Å². The number of thiophene rings is 1. The van der Waals surface area contributed by atoms with Gasteiger partial charge in [-0.3, -0.25) is 4.79 Å². The summed E-state index contributed by atoms with van der Waals surface area (Å²) in [5.41, 5.74) is 0.761. The largest absolute Gasteiger partial charge is 0.410 e. The van der Waals surface area contributed by atoms with E-state index in [2.05, 4.69) is 26.6 Å². The zero-order chi connectivity index (χ0) is 16.1. The number of carbonyl (C=O) groups excluding carboxylic acids is 1. The standard InChI is InChI=1S/C15H16N4O2S2/c1-10(13(20)17-8-6-11-4-3-9-22-11)23-15-19-18-14(21-15)12-5-2-7-16-12/h2-5,7,9-10,16H,6,8H2,1H3,(H,17,20)/t10-/m1/s1. The zero-order valence-corrected chi connectivity index (χ0v) is 14.1. The Morgan fingerprint density at radius 3 is 3.09 bits per heavy atom. The van der Waals surface area contributed by atoms with E-state index in [1.807, 2.05) is 30.5 Å². The van der Waals surface area contributed by atoms with Crippen molar-refractivity contribution in [3.8, 4) is 11.6 Å². The monoisotopic (exact) mass is 348 g/mol. The molecule has 0 spiro atoms. The van der Waals surface area contributed by atoms with Crippen LogP contribution in [0.5, 0.6) is 0 Å². The SMILES string of the molecule is C[C@@H](Sc1nnc(-c2ccc[nH]2)o1)C(=O)NCCc1cccs1. The van der Waals surface area contributed by atoms with Gasteiger partial charge in [0, 0.05) is 17.6 Å². The van der Waals surface area contributed by atoms with Crippen molar-refractivity contribution in [2.45, 2.75) is 23.8 Å². The van der Waals surface area contributed by atoms with E-state index in [0.717, 1.165) is 12.1 Å². The van der Waals surface area contributed by atoms with Gasteiger partial charge in [0.2, 0.25) is 5.91 Å². The van der Waals surface area contributed by atoms with Crippen LogP contribution in [-0.4, -0.2) is 32.9 Å². The van der Waals surface area contributed by atoms with Gasteiger partial charge in [-0.1, -0.05) is 17.8 Å². The summed E-state index contributed by atoms with van der Waals surface area (Å²) >= 11 is 2.95. The lowest BCUT2D eigenvalue weighted by molar-refractivity contribution is -0.120. The number of carbonyl (C=O) groups is 1. The molecule has 1 amide bonds. The Bertz CT molecular complexity index is 737. The first-order chi connectivity index (χ1) is 11.2. The molecule has 6 nitrogen and oxygen atoms in total. The van der Waals surface area contributed by atoms with Gasteiger partial charge in [-0.15, -0.1) is 21.5 Å². The summed E-state index contributed by atoms with van der Waals surface area (Å²) in [6.45, 7) is 2.45.